The first kappa shape index (κ1) is 11.6. The zero-order valence-electron chi connectivity index (χ0n) is 9.63. The molecule has 0 radical (unpaired) electrons. The predicted octanol–water partition coefficient (Wildman–Crippen LogP) is 1.63. The van der Waals surface area contributed by atoms with Crippen LogP contribution in [0.2, 0.25) is 0 Å². The van der Waals surface area contributed by atoms with Crippen LogP contribution in [0.3, 0.4) is 0 Å². The molecule has 2 rings (SSSR count). The number of hydrogen-bond donors (Lipinski definition) is 2. The molecule has 1 aromatic rings. The zero-order valence-corrected chi connectivity index (χ0v) is 9.63. The third-order valence-corrected chi connectivity index (χ3v) is 3.39. The van der Waals surface area contributed by atoms with Crippen LogP contribution in [0.15, 0.2) is 18.3 Å². The molecule has 0 aromatic carbocycles. The standard InChI is InChI=1S/C13H19NO2/c1-2-4-11(15)13(16)10-7-6-9-5-3-8-14-12(9)10/h3,5,8,10-11,13,15-16H,2,4,6-7H2,1H3. The van der Waals surface area contributed by atoms with E-state index in [-0.39, 0.29) is 5.92 Å². The summed E-state index contributed by atoms with van der Waals surface area (Å²) in [5, 5.41) is 19.9. The van der Waals surface area contributed by atoms with Crippen LogP contribution in [0, 0.1) is 0 Å². The van der Waals surface area contributed by atoms with Crippen molar-refractivity contribution in [1.29, 1.82) is 0 Å². The van der Waals surface area contributed by atoms with Gasteiger partial charge in [-0.05, 0) is 30.9 Å². The molecule has 1 aliphatic carbocycles. The molecule has 0 amide bonds. The summed E-state index contributed by atoms with van der Waals surface area (Å²) < 4.78 is 0. The molecule has 1 aromatic heterocycles. The van der Waals surface area contributed by atoms with Crippen molar-refractivity contribution >= 4 is 0 Å². The monoisotopic (exact) mass is 221 g/mol. The van der Waals surface area contributed by atoms with Gasteiger partial charge in [0.1, 0.15) is 0 Å². The van der Waals surface area contributed by atoms with Crippen molar-refractivity contribution in [2.75, 3.05) is 0 Å². The number of nitrogens with zero attached hydrogens (tertiary/aromatic N) is 1. The minimum atomic E-state index is -0.670. The van der Waals surface area contributed by atoms with E-state index in [4.69, 9.17) is 0 Å². The number of rotatable bonds is 4. The Bertz CT molecular complexity index is 354. The molecule has 1 heterocycles. The lowest BCUT2D eigenvalue weighted by Crippen LogP contribution is -2.31. The molecule has 0 spiro atoms. The normalized spacial score (nSPS) is 22.8. The Morgan fingerprint density at radius 1 is 1.50 bits per heavy atom. The van der Waals surface area contributed by atoms with E-state index in [1.807, 2.05) is 13.0 Å². The van der Waals surface area contributed by atoms with Crippen LogP contribution in [0.4, 0.5) is 0 Å². The fourth-order valence-electron chi connectivity index (χ4n) is 2.51. The van der Waals surface area contributed by atoms with Gasteiger partial charge in [-0.15, -0.1) is 0 Å². The fraction of sp³-hybridized carbons (Fsp3) is 0.615. The van der Waals surface area contributed by atoms with Crippen LogP contribution in [0.1, 0.15) is 43.4 Å². The molecule has 0 saturated heterocycles. The molecule has 3 atom stereocenters. The average Bonchev–Trinajstić information content (AvgIpc) is 2.72. The second-order valence-electron chi connectivity index (χ2n) is 4.54. The van der Waals surface area contributed by atoms with Crippen LogP contribution in [0.25, 0.3) is 0 Å². The summed E-state index contributed by atoms with van der Waals surface area (Å²) in [5.41, 5.74) is 2.19. The highest BCUT2D eigenvalue weighted by Gasteiger charge is 2.33. The number of pyridine rings is 1. The third kappa shape index (κ3) is 2.11. The molecule has 1 aliphatic rings. The Morgan fingerprint density at radius 3 is 3.06 bits per heavy atom. The van der Waals surface area contributed by atoms with Crippen LogP contribution in [0.5, 0.6) is 0 Å². The molecule has 0 saturated carbocycles. The Labute approximate surface area is 96.2 Å². The minimum absolute atomic E-state index is 0.0118. The lowest BCUT2D eigenvalue weighted by atomic mass is 9.93. The number of hydrogen-bond acceptors (Lipinski definition) is 3. The van der Waals surface area contributed by atoms with Crippen molar-refractivity contribution in [1.82, 2.24) is 4.98 Å². The van der Waals surface area contributed by atoms with Crippen molar-refractivity contribution in [3.63, 3.8) is 0 Å². The van der Waals surface area contributed by atoms with Crippen molar-refractivity contribution in [2.45, 2.75) is 50.7 Å². The van der Waals surface area contributed by atoms with Crippen LogP contribution >= 0.6 is 0 Å². The third-order valence-electron chi connectivity index (χ3n) is 3.39. The first-order valence-corrected chi connectivity index (χ1v) is 6.04. The van der Waals surface area contributed by atoms with E-state index in [0.717, 1.165) is 25.0 Å². The van der Waals surface area contributed by atoms with Crippen LogP contribution < -0.4 is 0 Å². The lowest BCUT2D eigenvalue weighted by molar-refractivity contribution is -0.00261. The van der Waals surface area contributed by atoms with Crippen molar-refractivity contribution in [3.05, 3.63) is 29.6 Å². The van der Waals surface area contributed by atoms with Gasteiger partial charge in [0.05, 0.1) is 12.2 Å². The number of aliphatic hydroxyl groups is 2. The summed E-state index contributed by atoms with van der Waals surface area (Å²) in [7, 11) is 0. The van der Waals surface area contributed by atoms with E-state index in [9.17, 15) is 10.2 Å². The van der Waals surface area contributed by atoms with Gasteiger partial charge in [-0.1, -0.05) is 19.4 Å². The lowest BCUT2D eigenvalue weighted by Gasteiger charge is -2.23. The van der Waals surface area contributed by atoms with Gasteiger partial charge in [0.25, 0.3) is 0 Å². The quantitative estimate of drug-likeness (QED) is 0.812. The smallest absolute Gasteiger partial charge is 0.0882 e. The highest BCUT2D eigenvalue weighted by atomic mass is 16.3. The number of fused-ring (bicyclic) bond motifs is 1. The van der Waals surface area contributed by atoms with Gasteiger partial charge in [-0.25, -0.2) is 0 Å². The van der Waals surface area contributed by atoms with E-state index in [1.165, 1.54) is 5.56 Å². The molecule has 0 fully saturated rings. The fourth-order valence-corrected chi connectivity index (χ4v) is 2.51. The Balaban J connectivity index is 2.12. The van der Waals surface area contributed by atoms with Gasteiger partial charge < -0.3 is 10.2 Å². The summed E-state index contributed by atoms with van der Waals surface area (Å²) in [5.74, 6) is 0.0118. The Hall–Kier alpha value is -0.930. The number of aliphatic hydroxyl groups excluding tert-OH is 2. The zero-order chi connectivity index (χ0) is 11.5. The minimum Gasteiger partial charge on any atom is -0.390 e. The SMILES string of the molecule is CCCC(O)C(O)C1CCc2cccnc21. The van der Waals surface area contributed by atoms with Crippen molar-refractivity contribution in [2.24, 2.45) is 0 Å². The first-order chi connectivity index (χ1) is 7.74. The molecule has 88 valence electrons. The molecule has 0 aliphatic heterocycles. The molecule has 3 unspecified atom stereocenters. The second-order valence-corrected chi connectivity index (χ2v) is 4.54. The molecule has 3 nitrogen and oxygen atoms in total. The van der Waals surface area contributed by atoms with E-state index in [1.54, 1.807) is 6.20 Å². The summed E-state index contributed by atoms with van der Waals surface area (Å²) >= 11 is 0. The van der Waals surface area contributed by atoms with Crippen molar-refractivity contribution < 1.29 is 10.2 Å². The summed E-state index contributed by atoms with van der Waals surface area (Å²) in [4.78, 5) is 4.33. The summed E-state index contributed by atoms with van der Waals surface area (Å²) in [6, 6.07) is 3.98. The highest BCUT2D eigenvalue weighted by Crippen LogP contribution is 2.35. The molecule has 3 heteroatoms. The van der Waals surface area contributed by atoms with Gasteiger partial charge in [0, 0.05) is 17.8 Å². The maximum Gasteiger partial charge on any atom is 0.0882 e. The van der Waals surface area contributed by atoms with Gasteiger partial charge in [0.15, 0.2) is 0 Å². The Morgan fingerprint density at radius 2 is 2.31 bits per heavy atom. The van der Waals surface area contributed by atoms with Crippen LogP contribution in [-0.2, 0) is 6.42 Å². The van der Waals surface area contributed by atoms with E-state index in [2.05, 4.69) is 11.1 Å². The molecule has 0 bridgehead atoms. The average molecular weight is 221 g/mol. The highest BCUT2D eigenvalue weighted by molar-refractivity contribution is 5.29. The molecular weight excluding hydrogens is 202 g/mol. The maximum atomic E-state index is 10.1. The van der Waals surface area contributed by atoms with E-state index in [0.29, 0.717) is 6.42 Å². The van der Waals surface area contributed by atoms with Crippen molar-refractivity contribution in [3.8, 4) is 0 Å². The molecule has 16 heavy (non-hydrogen) atoms. The molecule has 2 N–H and O–H groups in total. The summed E-state index contributed by atoms with van der Waals surface area (Å²) in [6.45, 7) is 2.01. The van der Waals surface area contributed by atoms with Crippen LogP contribution in [-0.4, -0.2) is 27.4 Å². The molecular formula is C13H19NO2. The number of aromatic nitrogens is 1. The van der Waals surface area contributed by atoms with Gasteiger partial charge in [-0.3, -0.25) is 4.98 Å². The number of aryl methyl sites for hydroxylation is 1. The maximum absolute atomic E-state index is 10.1. The first-order valence-electron chi connectivity index (χ1n) is 6.04. The van der Waals surface area contributed by atoms with Gasteiger partial charge >= 0.3 is 0 Å². The van der Waals surface area contributed by atoms with Gasteiger partial charge in [0.2, 0.25) is 0 Å². The van der Waals surface area contributed by atoms with E-state index < -0.39 is 12.2 Å². The van der Waals surface area contributed by atoms with Gasteiger partial charge in [-0.2, -0.15) is 0 Å². The van der Waals surface area contributed by atoms with E-state index >= 15 is 0 Å². The topological polar surface area (TPSA) is 53.4 Å². The predicted molar refractivity (Wildman–Crippen MR) is 62.2 cm³/mol. The second kappa shape index (κ2) is 4.93. The summed E-state index contributed by atoms with van der Waals surface area (Å²) in [6.07, 6.45) is 3.87. The largest absolute Gasteiger partial charge is 0.390 e. The Kier molecular flexibility index (Phi) is 3.56.